The van der Waals surface area contributed by atoms with Gasteiger partial charge < -0.3 is 9.84 Å². The number of fused-ring (bicyclic) bond motifs is 1. The molecule has 5 nitrogen and oxygen atoms in total. The molecule has 1 amide bonds. The van der Waals surface area contributed by atoms with E-state index < -0.39 is 5.97 Å². The quantitative estimate of drug-likeness (QED) is 0.865. The lowest BCUT2D eigenvalue weighted by Gasteiger charge is -2.16. The number of hydrogen-bond acceptors (Lipinski definition) is 3. The van der Waals surface area contributed by atoms with Crippen LogP contribution in [-0.4, -0.2) is 17.2 Å². The average Bonchev–Trinajstić information content (AvgIpc) is 2.37. The maximum Gasteiger partial charge on any atom is 0.411 e. The Morgan fingerprint density at radius 1 is 1.44 bits per heavy atom. The number of aliphatic carboxylic acids is 1. The molecule has 0 saturated heterocycles. The van der Waals surface area contributed by atoms with Gasteiger partial charge in [-0.1, -0.05) is 31.5 Å². The molecule has 1 aromatic carbocycles. The van der Waals surface area contributed by atoms with E-state index in [9.17, 15) is 9.59 Å². The van der Waals surface area contributed by atoms with Gasteiger partial charge in [0, 0.05) is 12.0 Å². The highest BCUT2D eigenvalue weighted by atomic mass is 16.5. The third-order valence-electron chi connectivity index (χ3n) is 2.36. The number of carboxylic acids is 1. The largest absolute Gasteiger partial charge is 0.481 e. The van der Waals surface area contributed by atoms with Crippen LogP contribution in [0, 0.1) is 0 Å². The van der Waals surface area contributed by atoms with Crippen LogP contribution in [0.25, 0.3) is 0 Å². The smallest absolute Gasteiger partial charge is 0.411 e. The minimum Gasteiger partial charge on any atom is -0.481 e. The molecule has 0 atom stereocenters. The maximum absolute atomic E-state index is 10.7. The molecule has 0 spiro atoms. The van der Waals surface area contributed by atoms with Crippen molar-refractivity contribution in [1.82, 2.24) is 0 Å². The lowest BCUT2D eigenvalue weighted by molar-refractivity contribution is -0.137. The van der Waals surface area contributed by atoms with Crippen LogP contribution < -0.4 is 5.32 Å². The molecule has 2 N–H and O–H groups in total. The van der Waals surface area contributed by atoms with E-state index in [1.807, 2.05) is 31.2 Å². The maximum atomic E-state index is 10.7. The van der Waals surface area contributed by atoms with Crippen molar-refractivity contribution in [1.29, 1.82) is 0 Å². The number of anilines is 1. The number of rotatable bonds is 3. The Kier molecular flexibility index (Phi) is 5.70. The lowest BCUT2D eigenvalue weighted by Crippen LogP contribution is -2.19. The van der Waals surface area contributed by atoms with Crippen LogP contribution in [0.5, 0.6) is 0 Å². The van der Waals surface area contributed by atoms with E-state index in [4.69, 9.17) is 9.84 Å². The summed E-state index contributed by atoms with van der Waals surface area (Å²) < 4.78 is 4.75. The number of nitrogens with one attached hydrogen (secondary N) is 1. The molecule has 1 aliphatic rings. The Balaban J connectivity index is 0.000000203. The van der Waals surface area contributed by atoms with E-state index in [1.165, 1.54) is 0 Å². The first-order valence-corrected chi connectivity index (χ1v) is 5.87. The van der Waals surface area contributed by atoms with Crippen molar-refractivity contribution in [2.45, 2.75) is 32.8 Å². The van der Waals surface area contributed by atoms with Crippen LogP contribution in [0.15, 0.2) is 24.3 Å². The molecule has 0 unspecified atom stereocenters. The van der Waals surface area contributed by atoms with Crippen molar-refractivity contribution in [2.75, 3.05) is 5.32 Å². The van der Waals surface area contributed by atoms with Crippen molar-refractivity contribution < 1.29 is 19.4 Å². The highest BCUT2D eigenvalue weighted by Gasteiger charge is 2.13. The number of benzene rings is 1. The molecule has 5 heteroatoms. The first-order chi connectivity index (χ1) is 8.63. The SMILES string of the molecule is CCCCC(=O)O.O=C1Nc2ccccc2CO1. The van der Waals surface area contributed by atoms with E-state index in [-0.39, 0.29) is 6.09 Å². The number of amides is 1. The fourth-order valence-electron chi connectivity index (χ4n) is 1.39. The number of ether oxygens (including phenoxy) is 1. The number of para-hydroxylation sites is 1. The van der Waals surface area contributed by atoms with Crippen LogP contribution >= 0.6 is 0 Å². The molecule has 0 fully saturated rings. The minimum atomic E-state index is -0.693. The van der Waals surface area contributed by atoms with E-state index in [1.54, 1.807) is 0 Å². The molecule has 0 saturated carbocycles. The normalized spacial score (nSPS) is 12.4. The predicted octanol–water partition coefficient (Wildman–Crippen LogP) is 3.01. The Morgan fingerprint density at radius 2 is 2.17 bits per heavy atom. The summed E-state index contributed by atoms with van der Waals surface area (Å²) in [6, 6.07) is 7.58. The monoisotopic (exact) mass is 251 g/mol. The standard InChI is InChI=1S/C8H7NO2.C5H10O2/c10-8-9-7-4-2-1-3-6(7)5-11-8;1-2-3-4-5(6)7/h1-4H,5H2,(H,9,10);2-4H2,1H3,(H,6,7). The molecule has 1 aromatic rings. The summed E-state index contributed by atoms with van der Waals surface area (Å²) in [6.45, 7) is 2.35. The van der Waals surface area contributed by atoms with Gasteiger partial charge in [-0.2, -0.15) is 0 Å². The molecule has 2 rings (SSSR count). The van der Waals surface area contributed by atoms with E-state index >= 15 is 0 Å². The number of hydrogen-bond donors (Lipinski definition) is 2. The Hall–Kier alpha value is -2.04. The summed E-state index contributed by atoms with van der Waals surface area (Å²) in [6.07, 6.45) is 1.71. The summed E-state index contributed by atoms with van der Waals surface area (Å²) in [7, 11) is 0. The topological polar surface area (TPSA) is 75.6 Å². The third-order valence-corrected chi connectivity index (χ3v) is 2.36. The number of carboxylic acid groups (broad SMARTS) is 1. The first kappa shape index (κ1) is 14.0. The van der Waals surface area contributed by atoms with E-state index in [0.29, 0.717) is 13.0 Å². The Bertz CT molecular complexity index is 417. The summed E-state index contributed by atoms with van der Waals surface area (Å²) >= 11 is 0. The summed E-state index contributed by atoms with van der Waals surface area (Å²) in [4.78, 5) is 20.5. The average molecular weight is 251 g/mol. The molecule has 1 heterocycles. The van der Waals surface area contributed by atoms with Gasteiger partial charge in [-0.05, 0) is 12.5 Å². The Labute approximate surface area is 106 Å². The highest BCUT2D eigenvalue weighted by molar-refractivity contribution is 5.87. The van der Waals surface area contributed by atoms with Crippen LogP contribution in [0.4, 0.5) is 10.5 Å². The van der Waals surface area contributed by atoms with Gasteiger partial charge >= 0.3 is 12.1 Å². The molecular formula is C13H17NO4. The van der Waals surface area contributed by atoms with Gasteiger partial charge in [0.15, 0.2) is 0 Å². The number of cyclic esters (lactones) is 1. The zero-order valence-electron chi connectivity index (χ0n) is 10.3. The number of carbonyl (C=O) groups is 2. The fraction of sp³-hybridized carbons (Fsp3) is 0.385. The van der Waals surface area contributed by atoms with Gasteiger partial charge in [0.1, 0.15) is 6.61 Å². The number of carbonyl (C=O) groups excluding carboxylic acids is 1. The molecule has 18 heavy (non-hydrogen) atoms. The van der Waals surface area contributed by atoms with Gasteiger partial charge in [-0.3, -0.25) is 10.1 Å². The molecule has 0 radical (unpaired) electrons. The van der Waals surface area contributed by atoms with Gasteiger partial charge in [0.2, 0.25) is 0 Å². The Morgan fingerprint density at radius 3 is 2.78 bits per heavy atom. The first-order valence-electron chi connectivity index (χ1n) is 5.87. The zero-order valence-corrected chi connectivity index (χ0v) is 10.3. The van der Waals surface area contributed by atoms with Gasteiger partial charge in [0.25, 0.3) is 0 Å². The van der Waals surface area contributed by atoms with Gasteiger partial charge in [0.05, 0.1) is 5.69 Å². The van der Waals surface area contributed by atoms with Crippen molar-refractivity contribution >= 4 is 17.7 Å². The van der Waals surface area contributed by atoms with E-state index in [0.717, 1.165) is 24.1 Å². The fourth-order valence-corrected chi connectivity index (χ4v) is 1.39. The summed E-state index contributed by atoms with van der Waals surface area (Å²) in [5.74, 6) is -0.693. The van der Waals surface area contributed by atoms with Crippen molar-refractivity contribution in [2.24, 2.45) is 0 Å². The third kappa shape index (κ3) is 4.86. The predicted molar refractivity (Wildman–Crippen MR) is 67.4 cm³/mol. The van der Waals surface area contributed by atoms with E-state index in [2.05, 4.69) is 5.32 Å². The molecule has 0 aromatic heterocycles. The van der Waals surface area contributed by atoms with Crippen LogP contribution in [-0.2, 0) is 16.1 Å². The van der Waals surface area contributed by atoms with Gasteiger partial charge in [-0.25, -0.2) is 4.79 Å². The summed E-state index contributed by atoms with van der Waals surface area (Å²) in [5, 5.41) is 10.6. The molecule has 98 valence electrons. The highest BCUT2D eigenvalue weighted by Crippen LogP contribution is 2.19. The molecule has 0 aliphatic carbocycles. The second kappa shape index (κ2) is 7.32. The molecular weight excluding hydrogens is 234 g/mol. The second-order valence-corrected chi connectivity index (χ2v) is 3.86. The minimum absolute atomic E-state index is 0.316. The van der Waals surface area contributed by atoms with Crippen LogP contribution in [0.1, 0.15) is 31.7 Å². The van der Waals surface area contributed by atoms with Crippen molar-refractivity contribution in [3.05, 3.63) is 29.8 Å². The number of unbranched alkanes of at least 4 members (excludes halogenated alkanes) is 1. The van der Waals surface area contributed by atoms with Crippen molar-refractivity contribution in [3.63, 3.8) is 0 Å². The lowest BCUT2D eigenvalue weighted by atomic mass is 10.2. The van der Waals surface area contributed by atoms with Crippen LogP contribution in [0.3, 0.4) is 0 Å². The molecule has 1 aliphatic heterocycles. The van der Waals surface area contributed by atoms with Gasteiger partial charge in [-0.15, -0.1) is 0 Å². The molecule has 0 bridgehead atoms. The van der Waals surface area contributed by atoms with Crippen molar-refractivity contribution in [3.8, 4) is 0 Å². The zero-order chi connectivity index (χ0) is 13.4. The second-order valence-electron chi connectivity index (χ2n) is 3.86. The van der Waals surface area contributed by atoms with Crippen LogP contribution in [0.2, 0.25) is 0 Å². The summed E-state index contributed by atoms with van der Waals surface area (Å²) in [5.41, 5.74) is 1.87.